The van der Waals surface area contributed by atoms with Crippen molar-refractivity contribution in [2.24, 2.45) is 0 Å². The van der Waals surface area contributed by atoms with E-state index in [1.54, 1.807) is 12.1 Å². The Kier molecular flexibility index (Phi) is 4.75. The number of carbonyl (C=O) groups is 2. The summed E-state index contributed by atoms with van der Waals surface area (Å²) in [6.45, 7) is 2.20. The Morgan fingerprint density at radius 2 is 1.85 bits per heavy atom. The zero-order valence-electron chi connectivity index (χ0n) is 14.1. The number of aliphatic hydroxyl groups is 1. The van der Waals surface area contributed by atoms with Crippen LogP contribution in [-0.2, 0) is 9.59 Å². The van der Waals surface area contributed by atoms with Gasteiger partial charge in [0.2, 0.25) is 0 Å². The van der Waals surface area contributed by atoms with Crippen LogP contribution in [0.4, 0.5) is 4.39 Å². The predicted molar refractivity (Wildman–Crippen MR) is 93.8 cm³/mol. The number of ketones is 1. The summed E-state index contributed by atoms with van der Waals surface area (Å²) >= 11 is 0. The normalized spacial score (nSPS) is 19.2. The Morgan fingerprint density at radius 1 is 1.15 bits per heavy atom. The third-order valence-corrected chi connectivity index (χ3v) is 4.31. The van der Waals surface area contributed by atoms with Gasteiger partial charge in [0.05, 0.1) is 11.6 Å². The first-order valence-corrected chi connectivity index (χ1v) is 8.27. The van der Waals surface area contributed by atoms with Crippen LogP contribution in [0.25, 0.3) is 5.76 Å². The molecule has 1 unspecified atom stereocenters. The lowest BCUT2D eigenvalue weighted by Crippen LogP contribution is -2.30. The van der Waals surface area contributed by atoms with E-state index in [0.29, 0.717) is 18.5 Å². The van der Waals surface area contributed by atoms with Crippen molar-refractivity contribution in [3.63, 3.8) is 0 Å². The second-order valence-electron chi connectivity index (χ2n) is 6.09. The summed E-state index contributed by atoms with van der Waals surface area (Å²) in [6, 6.07) is 10.4. The molecule has 1 amide bonds. The van der Waals surface area contributed by atoms with Crippen LogP contribution >= 0.6 is 0 Å². The van der Waals surface area contributed by atoms with Crippen LogP contribution in [0.5, 0.6) is 5.75 Å². The molecule has 0 aromatic heterocycles. The number of rotatable bonds is 4. The molecule has 2 N–H and O–H groups in total. The first-order chi connectivity index (χ1) is 12.4. The van der Waals surface area contributed by atoms with Gasteiger partial charge in [0.15, 0.2) is 0 Å². The summed E-state index contributed by atoms with van der Waals surface area (Å²) < 4.78 is 13.2. The largest absolute Gasteiger partial charge is 0.508 e. The molecule has 2 aromatic rings. The molecule has 0 bridgehead atoms. The number of hydrogen-bond donors (Lipinski definition) is 2. The van der Waals surface area contributed by atoms with Gasteiger partial charge in [-0.05, 0) is 48.4 Å². The molecule has 1 aliphatic rings. The number of amides is 1. The summed E-state index contributed by atoms with van der Waals surface area (Å²) in [4.78, 5) is 26.4. The van der Waals surface area contributed by atoms with Crippen LogP contribution in [0.3, 0.4) is 0 Å². The van der Waals surface area contributed by atoms with Crippen LogP contribution in [0.1, 0.15) is 30.5 Å². The highest BCUT2D eigenvalue weighted by Gasteiger charge is 2.45. The van der Waals surface area contributed by atoms with Crippen molar-refractivity contribution in [3.05, 3.63) is 71.0 Å². The highest BCUT2D eigenvalue weighted by atomic mass is 19.1. The topological polar surface area (TPSA) is 77.8 Å². The molecule has 1 saturated heterocycles. The molecule has 134 valence electrons. The zero-order valence-corrected chi connectivity index (χ0v) is 14.1. The maximum atomic E-state index is 13.2. The minimum Gasteiger partial charge on any atom is -0.508 e. The molecule has 1 heterocycles. The van der Waals surface area contributed by atoms with Crippen LogP contribution in [-0.4, -0.2) is 33.3 Å². The quantitative estimate of drug-likeness (QED) is 0.501. The lowest BCUT2D eigenvalue weighted by atomic mass is 9.95. The maximum absolute atomic E-state index is 13.2. The lowest BCUT2D eigenvalue weighted by molar-refractivity contribution is -0.139. The SMILES string of the molecule is CCCN1C(=O)C(=O)/C(=C(\O)c2ccc(F)cc2)C1c1cccc(O)c1. The van der Waals surface area contributed by atoms with E-state index in [-0.39, 0.29) is 22.6 Å². The van der Waals surface area contributed by atoms with Crippen molar-refractivity contribution in [3.8, 4) is 5.75 Å². The molecule has 6 heteroatoms. The summed E-state index contributed by atoms with van der Waals surface area (Å²) in [5, 5.41) is 20.5. The van der Waals surface area contributed by atoms with Crippen molar-refractivity contribution < 1.29 is 24.2 Å². The second-order valence-corrected chi connectivity index (χ2v) is 6.09. The Balaban J connectivity index is 2.19. The maximum Gasteiger partial charge on any atom is 0.295 e. The number of carbonyl (C=O) groups excluding carboxylic acids is 2. The minimum atomic E-state index is -0.813. The number of benzene rings is 2. The second kappa shape index (κ2) is 7.00. The Hall–Kier alpha value is -3.15. The highest BCUT2D eigenvalue weighted by Crippen LogP contribution is 2.40. The van der Waals surface area contributed by atoms with Gasteiger partial charge in [-0.25, -0.2) is 4.39 Å². The van der Waals surface area contributed by atoms with Gasteiger partial charge in [-0.1, -0.05) is 19.1 Å². The van der Waals surface area contributed by atoms with Crippen molar-refractivity contribution in [1.29, 1.82) is 0 Å². The monoisotopic (exact) mass is 355 g/mol. The molecule has 5 nitrogen and oxygen atoms in total. The van der Waals surface area contributed by atoms with E-state index in [1.165, 1.54) is 41.3 Å². The molecule has 1 aliphatic heterocycles. The molecule has 0 saturated carbocycles. The van der Waals surface area contributed by atoms with Crippen LogP contribution in [0, 0.1) is 5.82 Å². The van der Waals surface area contributed by atoms with Gasteiger partial charge in [-0.15, -0.1) is 0 Å². The third-order valence-electron chi connectivity index (χ3n) is 4.31. The van der Waals surface area contributed by atoms with Gasteiger partial charge >= 0.3 is 0 Å². The lowest BCUT2D eigenvalue weighted by Gasteiger charge is -2.24. The van der Waals surface area contributed by atoms with Crippen molar-refractivity contribution in [2.75, 3.05) is 6.54 Å². The fraction of sp³-hybridized carbons (Fsp3) is 0.200. The number of hydrogen-bond acceptors (Lipinski definition) is 4. The number of nitrogens with zero attached hydrogens (tertiary/aromatic N) is 1. The molecule has 1 atom stereocenters. The third kappa shape index (κ3) is 3.06. The van der Waals surface area contributed by atoms with E-state index in [4.69, 9.17) is 0 Å². The fourth-order valence-electron chi connectivity index (χ4n) is 3.16. The number of Topliss-reactive ketones (excluding diaryl/α,β-unsaturated/α-hetero) is 1. The number of likely N-dealkylation sites (tertiary alicyclic amines) is 1. The first kappa shape index (κ1) is 17.7. The molecule has 26 heavy (non-hydrogen) atoms. The van der Waals surface area contributed by atoms with Crippen molar-refractivity contribution >= 4 is 17.4 Å². The van der Waals surface area contributed by atoms with E-state index in [1.807, 2.05) is 6.92 Å². The van der Waals surface area contributed by atoms with Gasteiger partial charge in [-0.2, -0.15) is 0 Å². The summed E-state index contributed by atoms with van der Waals surface area (Å²) in [5.74, 6) is -2.35. The molecular weight excluding hydrogens is 337 g/mol. The van der Waals surface area contributed by atoms with Gasteiger partial charge in [-0.3, -0.25) is 9.59 Å². The van der Waals surface area contributed by atoms with Crippen molar-refractivity contribution in [1.82, 2.24) is 4.90 Å². The van der Waals surface area contributed by atoms with Gasteiger partial charge in [0.1, 0.15) is 17.3 Å². The van der Waals surface area contributed by atoms with Crippen LogP contribution in [0.15, 0.2) is 54.1 Å². The average molecular weight is 355 g/mol. The summed E-state index contributed by atoms with van der Waals surface area (Å²) in [5.41, 5.74) is 0.688. The minimum absolute atomic E-state index is 0.00799. The van der Waals surface area contributed by atoms with E-state index in [0.717, 1.165) is 0 Å². The van der Waals surface area contributed by atoms with Crippen LogP contribution in [0.2, 0.25) is 0 Å². The molecular formula is C20H18FNO4. The molecule has 3 rings (SSSR count). The van der Waals surface area contributed by atoms with E-state index < -0.39 is 23.5 Å². The molecule has 0 radical (unpaired) electrons. The van der Waals surface area contributed by atoms with E-state index in [9.17, 15) is 24.2 Å². The molecule has 2 aromatic carbocycles. The number of aromatic hydroxyl groups is 1. The molecule has 0 spiro atoms. The highest BCUT2D eigenvalue weighted by molar-refractivity contribution is 6.46. The zero-order chi connectivity index (χ0) is 18.8. The Labute approximate surface area is 150 Å². The molecule has 1 fully saturated rings. The number of aliphatic hydroxyl groups excluding tert-OH is 1. The van der Waals surface area contributed by atoms with E-state index in [2.05, 4.69) is 0 Å². The average Bonchev–Trinajstić information content (AvgIpc) is 2.87. The fourth-order valence-corrected chi connectivity index (χ4v) is 3.16. The van der Waals surface area contributed by atoms with Crippen LogP contribution < -0.4 is 0 Å². The predicted octanol–water partition coefficient (Wildman–Crippen LogP) is 3.36. The Bertz CT molecular complexity index is 889. The van der Waals surface area contributed by atoms with Gasteiger partial charge < -0.3 is 15.1 Å². The number of phenolic OH excluding ortho intramolecular Hbond substituents is 1. The standard InChI is InChI=1S/C20H18FNO4/c1-2-10-22-17(13-4-3-5-15(23)11-13)16(19(25)20(22)26)18(24)12-6-8-14(21)9-7-12/h3-9,11,17,23-24H,2,10H2,1H3/b18-16-. The molecule has 0 aliphatic carbocycles. The smallest absolute Gasteiger partial charge is 0.295 e. The van der Waals surface area contributed by atoms with Gasteiger partial charge in [0.25, 0.3) is 11.7 Å². The summed E-state index contributed by atoms with van der Waals surface area (Å²) in [6.07, 6.45) is 0.624. The summed E-state index contributed by atoms with van der Waals surface area (Å²) in [7, 11) is 0. The Morgan fingerprint density at radius 3 is 2.46 bits per heavy atom. The number of halogens is 1. The number of phenols is 1. The van der Waals surface area contributed by atoms with Gasteiger partial charge in [0, 0.05) is 12.1 Å². The first-order valence-electron chi connectivity index (χ1n) is 8.27. The van der Waals surface area contributed by atoms with E-state index >= 15 is 0 Å². The van der Waals surface area contributed by atoms with Crippen molar-refractivity contribution in [2.45, 2.75) is 19.4 Å².